The number of hydrogen-bond donors (Lipinski definition) is 0. The van der Waals surface area contributed by atoms with Gasteiger partial charge in [-0.3, -0.25) is 4.68 Å². The molecule has 0 radical (unpaired) electrons. The van der Waals surface area contributed by atoms with Crippen LogP contribution in [-0.4, -0.2) is 20.0 Å². The molecule has 0 fully saturated rings. The number of hydrogen-bond acceptors (Lipinski definition) is 6. The molecule has 0 aliphatic carbocycles. The maximum atomic E-state index is 8.85. The van der Waals surface area contributed by atoms with Crippen LogP contribution in [-0.2, 0) is 19.6 Å². The predicted octanol–water partition coefficient (Wildman–Crippen LogP) is 4.91. The monoisotopic (exact) mass is 425 g/mol. The number of aromatic nitrogens is 4. The minimum absolute atomic E-state index is 0.339. The molecule has 4 rings (SSSR count). The number of unbranched alkanes of at least 4 members (excludes halogenated alkanes) is 1. The maximum Gasteiger partial charge on any atom is 0.218 e. The van der Waals surface area contributed by atoms with Crippen molar-refractivity contribution in [2.24, 2.45) is 0 Å². The Morgan fingerprint density at radius 3 is 2.62 bits per heavy atom. The summed E-state index contributed by atoms with van der Waals surface area (Å²) < 4.78 is 13.2. The van der Waals surface area contributed by atoms with Crippen LogP contribution in [0, 0.1) is 11.3 Å². The van der Waals surface area contributed by atoms with Gasteiger partial charge in [-0.25, -0.2) is 4.98 Å². The first-order chi connectivity index (χ1) is 15.8. The van der Waals surface area contributed by atoms with Gasteiger partial charge in [-0.05, 0) is 60.7 Å². The number of rotatable bonds is 10. The van der Waals surface area contributed by atoms with Crippen LogP contribution in [0.25, 0.3) is 12.2 Å². The van der Waals surface area contributed by atoms with Gasteiger partial charge in [-0.15, -0.1) is 5.10 Å². The summed E-state index contributed by atoms with van der Waals surface area (Å²) in [5.74, 6) is 1.31. The van der Waals surface area contributed by atoms with Gasteiger partial charge in [0.2, 0.25) is 5.89 Å². The lowest BCUT2D eigenvalue weighted by atomic mass is 10.1. The molecular weight excluding hydrogens is 402 g/mol. The Bertz CT molecular complexity index is 1170. The lowest BCUT2D eigenvalue weighted by Gasteiger charge is -2.06. The number of ether oxygens (including phenoxy) is 1. The third-order valence-electron chi connectivity index (χ3n) is 4.91. The van der Waals surface area contributed by atoms with E-state index in [4.69, 9.17) is 14.4 Å². The van der Waals surface area contributed by atoms with Gasteiger partial charge in [0.1, 0.15) is 24.3 Å². The van der Waals surface area contributed by atoms with Gasteiger partial charge in [-0.2, -0.15) is 5.26 Å². The molecule has 0 N–H and O–H groups in total. The number of nitriles is 1. The van der Waals surface area contributed by atoms with Crippen molar-refractivity contribution in [3.63, 3.8) is 0 Å². The molecule has 160 valence electrons. The van der Waals surface area contributed by atoms with Crippen LogP contribution in [0.1, 0.15) is 41.1 Å². The third kappa shape index (κ3) is 6.16. The average molecular weight is 425 g/mol. The molecule has 0 aliphatic rings. The highest BCUT2D eigenvalue weighted by Gasteiger charge is 2.03. The molecule has 0 atom stereocenters. The fourth-order valence-electron chi connectivity index (χ4n) is 3.17. The third-order valence-corrected chi connectivity index (χ3v) is 4.91. The van der Waals surface area contributed by atoms with Gasteiger partial charge in [0, 0.05) is 18.8 Å². The molecule has 32 heavy (non-hydrogen) atoms. The predicted molar refractivity (Wildman–Crippen MR) is 120 cm³/mol. The molecular formula is C25H23N5O2. The topological polar surface area (TPSA) is 89.8 Å². The number of benzene rings is 2. The molecule has 2 aromatic heterocycles. The SMILES string of the molecule is N#Cc1ccc(/C=C/c2nc(COc3ccc(CCCCn4ccnn4)cc3)co2)cc1. The van der Waals surface area contributed by atoms with Crippen molar-refractivity contribution in [2.75, 3.05) is 0 Å². The summed E-state index contributed by atoms with van der Waals surface area (Å²) in [4.78, 5) is 4.42. The van der Waals surface area contributed by atoms with E-state index in [2.05, 4.69) is 33.5 Å². The van der Waals surface area contributed by atoms with Crippen LogP contribution < -0.4 is 4.74 Å². The minimum Gasteiger partial charge on any atom is -0.487 e. The average Bonchev–Trinajstić information content (AvgIpc) is 3.52. The Labute approximate surface area is 186 Å². The lowest BCUT2D eigenvalue weighted by Crippen LogP contribution is -1.99. The fourth-order valence-corrected chi connectivity index (χ4v) is 3.17. The second kappa shape index (κ2) is 10.7. The van der Waals surface area contributed by atoms with E-state index in [-0.39, 0.29) is 0 Å². The van der Waals surface area contributed by atoms with E-state index in [1.807, 2.05) is 41.2 Å². The molecule has 0 unspecified atom stereocenters. The first kappa shape index (κ1) is 21.1. The molecule has 4 aromatic rings. The highest BCUT2D eigenvalue weighted by Crippen LogP contribution is 2.16. The van der Waals surface area contributed by atoms with Gasteiger partial charge in [0.05, 0.1) is 17.8 Å². The van der Waals surface area contributed by atoms with Gasteiger partial charge in [-0.1, -0.05) is 29.5 Å². The highest BCUT2D eigenvalue weighted by atomic mass is 16.5. The van der Waals surface area contributed by atoms with E-state index in [1.165, 1.54) is 5.56 Å². The molecule has 0 amide bonds. The number of nitrogens with zero attached hydrogens (tertiary/aromatic N) is 5. The summed E-state index contributed by atoms with van der Waals surface area (Å²) >= 11 is 0. The van der Waals surface area contributed by atoms with E-state index in [0.717, 1.165) is 42.8 Å². The summed E-state index contributed by atoms with van der Waals surface area (Å²) in [6, 6.07) is 17.6. The Morgan fingerprint density at radius 1 is 1.03 bits per heavy atom. The number of oxazole rings is 1. The summed E-state index contributed by atoms with van der Waals surface area (Å²) in [7, 11) is 0. The summed E-state index contributed by atoms with van der Waals surface area (Å²) in [5.41, 5.74) is 3.61. The van der Waals surface area contributed by atoms with E-state index in [0.29, 0.717) is 18.1 Å². The Balaban J connectivity index is 1.21. The summed E-state index contributed by atoms with van der Waals surface area (Å²) in [6.07, 6.45) is 12.1. The molecule has 0 saturated carbocycles. The molecule has 7 heteroatoms. The van der Waals surface area contributed by atoms with Crippen LogP contribution in [0.4, 0.5) is 0 Å². The minimum atomic E-state index is 0.339. The zero-order valence-corrected chi connectivity index (χ0v) is 17.6. The zero-order chi connectivity index (χ0) is 22.0. The van der Waals surface area contributed by atoms with Crippen LogP contribution in [0.2, 0.25) is 0 Å². The maximum absolute atomic E-state index is 8.85. The van der Waals surface area contributed by atoms with Crippen molar-refractivity contribution >= 4 is 12.2 Å². The molecule has 0 saturated heterocycles. The Morgan fingerprint density at radius 2 is 1.88 bits per heavy atom. The number of aryl methyl sites for hydroxylation is 2. The van der Waals surface area contributed by atoms with Crippen LogP contribution in [0.3, 0.4) is 0 Å². The molecule has 0 spiro atoms. The van der Waals surface area contributed by atoms with Crippen molar-refractivity contribution in [3.05, 3.63) is 95.5 Å². The van der Waals surface area contributed by atoms with E-state index in [9.17, 15) is 0 Å². The standard InChI is InChI=1S/C25H23N5O2/c26-17-22-6-4-21(5-7-22)10-13-25-28-23(19-32-25)18-31-24-11-8-20(9-12-24)3-1-2-15-30-16-14-27-29-30/h4-14,16,19H,1-3,15,18H2/b13-10+. The molecule has 0 bridgehead atoms. The van der Waals surface area contributed by atoms with E-state index >= 15 is 0 Å². The lowest BCUT2D eigenvalue weighted by molar-refractivity contribution is 0.301. The largest absolute Gasteiger partial charge is 0.487 e. The molecule has 2 aromatic carbocycles. The van der Waals surface area contributed by atoms with Crippen molar-refractivity contribution in [1.29, 1.82) is 5.26 Å². The van der Waals surface area contributed by atoms with E-state index in [1.54, 1.807) is 30.7 Å². The summed E-state index contributed by atoms with van der Waals surface area (Å²) in [5, 5.41) is 16.6. The molecule has 7 nitrogen and oxygen atoms in total. The van der Waals surface area contributed by atoms with Crippen molar-refractivity contribution < 1.29 is 9.15 Å². The van der Waals surface area contributed by atoms with E-state index < -0.39 is 0 Å². The van der Waals surface area contributed by atoms with Crippen molar-refractivity contribution in [1.82, 2.24) is 20.0 Å². The molecule has 2 heterocycles. The normalized spacial score (nSPS) is 11.0. The smallest absolute Gasteiger partial charge is 0.218 e. The van der Waals surface area contributed by atoms with Gasteiger partial charge < -0.3 is 9.15 Å². The van der Waals surface area contributed by atoms with Crippen LogP contribution in [0.15, 0.2) is 71.6 Å². The quantitative estimate of drug-likeness (QED) is 0.335. The Kier molecular flexibility index (Phi) is 7.06. The zero-order valence-electron chi connectivity index (χ0n) is 17.6. The molecule has 0 aliphatic heterocycles. The second-order valence-electron chi connectivity index (χ2n) is 7.30. The first-order valence-electron chi connectivity index (χ1n) is 10.5. The van der Waals surface area contributed by atoms with Gasteiger partial charge in [0.25, 0.3) is 0 Å². The van der Waals surface area contributed by atoms with Crippen molar-refractivity contribution in [2.45, 2.75) is 32.4 Å². The van der Waals surface area contributed by atoms with Gasteiger partial charge >= 0.3 is 0 Å². The van der Waals surface area contributed by atoms with Crippen molar-refractivity contribution in [3.8, 4) is 11.8 Å². The van der Waals surface area contributed by atoms with Crippen LogP contribution in [0.5, 0.6) is 5.75 Å². The first-order valence-corrected chi connectivity index (χ1v) is 10.5. The second-order valence-corrected chi connectivity index (χ2v) is 7.30. The van der Waals surface area contributed by atoms with Gasteiger partial charge in [0.15, 0.2) is 0 Å². The summed E-state index contributed by atoms with van der Waals surface area (Å²) in [6.45, 7) is 1.23. The van der Waals surface area contributed by atoms with Crippen LogP contribution >= 0.6 is 0 Å². The fraction of sp³-hybridized carbons (Fsp3) is 0.200. The highest BCUT2D eigenvalue weighted by molar-refractivity contribution is 5.66. The Hall–Kier alpha value is -4.18.